The largest absolute Gasteiger partial charge is 0.316 e. The van der Waals surface area contributed by atoms with Crippen LogP contribution in [0.25, 0.3) is 0 Å². The van der Waals surface area contributed by atoms with Crippen molar-refractivity contribution < 1.29 is 0 Å². The van der Waals surface area contributed by atoms with Crippen LogP contribution in [0.4, 0.5) is 0 Å². The lowest BCUT2D eigenvalue weighted by Crippen LogP contribution is -2.36. The van der Waals surface area contributed by atoms with E-state index in [4.69, 9.17) is 0 Å². The Morgan fingerprint density at radius 2 is 2.50 bits per heavy atom. The summed E-state index contributed by atoms with van der Waals surface area (Å²) in [4.78, 5) is 10.5. The number of piperidine rings is 1. The lowest BCUT2D eigenvalue weighted by Gasteiger charge is -2.27. The highest BCUT2D eigenvalue weighted by Gasteiger charge is 2.14. The van der Waals surface area contributed by atoms with Crippen LogP contribution in [0.2, 0.25) is 0 Å². The minimum absolute atomic E-state index is 0.792. The first-order valence-corrected chi connectivity index (χ1v) is 5.99. The highest BCUT2D eigenvalue weighted by atomic mass is 15.1. The van der Waals surface area contributed by atoms with E-state index in [1.165, 1.54) is 19.4 Å². The van der Waals surface area contributed by atoms with Crippen LogP contribution in [0.5, 0.6) is 0 Å². The van der Waals surface area contributed by atoms with Crippen LogP contribution in [0.15, 0.2) is 18.6 Å². The minimum atomic E-state index is 0.792. The molecule has 2 rings (SSSR count). The summed E-state index contributed by atoms with van der Waals surface area (Å²) in [5, 5.41) is 3.45. The van der Waals surface area contributed by atoms with Crippen molar-refractivity contribution in [1.82, 2.24) is 20.2 Å². The quantitative estimate of drug-likeness (QED) is 0.819. The van der Waals surface area contributed by atoms with Crippen molar-refractivity contribution in [3.05, 3.63) is 24.3 Å². The van der Waals surface area contributed by atoms with Crippen molar-refractivity contribution >= 4 is 0 Å². The molecule has 4 heteroatoms. The molecule has 2 heterocycles. The first kappa shape index (κ1) is 11.5. The number of nitrogens with zero attached hydrogens (tertiary/aromatic N) is 3. The zero-order chi connectivity index (χ0) is 11.2. The number of aromatic nitrogens is 2. The second-order valence-electron chi connectivity index (χ2n) is 4.61. The standard InChI is InChI=1S/C12H20N4/c1-16(8-11-3-2-5-13-7-11)9-12-4-6-14-10-15-12/h4,6,10-11,13H,2-3,5,7-9H2,1H3. The Morgan fingerprint density at radius 1 is 1.56 bits per heavy atom. The van der Waals surface area contributed by atoms with Crippen molar-refractivity contribution in [1.29, 1.82) is 0 Å². The van der Waals surface area contributed by atoms with E-state index in [1.807, 2.05) is 6.07 Å². The van der Waals surface area contributed by atoms with Gasteiger partial charge in [0, 0.05) is 19.3 Å². The lowest BCUT2D eigenvalue weighted by atomic mass is 9.99. The SMILES string of the molecule is CN(Cc1ccncn1)CC1CCCNC1. The summed E-state index contributed by atoms with van der Waals surface area (Å²) in [6.45, 7) is 4.41. The van der Waals surface area contributed by atoms with Gasteiger partial charge < -0.3 is 10.2 Å². The molecular formula is C12H20N4. The van der Waals surface area contributed by atoms with E-state index in [2.05, 4.69) is 27.2 Å². The highest BCUT2D eigenvalue weighted by Crippen LogP contribution is 2.11. The summed E-state index contributed by atoms with van der Waals surface area (Å²) in [5.74, 6) is 0.792. The monoisotopic (exact) mass is 220 g/mol. The summed E-state index contributed by atoms with van der Waals surface area (Å²) in [5.41, 5.74) is 1.10. The molecule has 0 aromatic carbocycles. The van der Waals surface area contributed by atoms with E-state index in [0.29, 0.717) is 0 Å². The number of nitrogens with one attached hydrogen (secondary N) is 1. The Morgan fingerprint density at radius 3 is 3.19 bits per heavy atom. The third-order valence-corrected chi connectivity index (χ3v) is 3.04. The average Bonchev–Trinajstić information content (AvgIpc) is 2.31. The van der Waals surface area contributed by atoms with Gasteiger partial charge in [-0.25, -0.2) is 9.97 Å². The van der Waals surface area contributed by atoms with Gasteiger partial charge in [-0.15, -0.1) is 0 Å². The van der Waals surface area contributed by atoms with Crippen LogP contribution in [-0.2, 0) is 6.54 Å². The molecule has 0 radical (unpaired) electrons. The van der Waals surface area contributed by atoms with Crippen molar-refractivity contribution in [3.8, 4) is 0 Å². The minimum Gasteiger partial charge on any atom is -0.316 e. The van der Waals surface area contributed by atoms with Gasteiger partial charge in [-0.3, -0.25) is 0 Å². The first-order valence-electron chi connectivity index (χ1n) is 5.99. The van der Waals surface area contributed by atoms with Crippen molar-refractivity contribution in [2.45, 2.75) is 19.4 Å². The summed E-state index contributed by atoms with van der Waals surface area (Å²) in [6, 6.07) is 1.98. The van der Waals surface area contributed by atoms with Crippen LogP contribution < -0.4 is 5.32 Å². The molecule has 1 aliphatic rings. The van der Waals surface area contributed by atoms with Gasteiger partial charge in [0.1, 0.15) is 6.33 Å². The van der Waals surface area contributed by atoms with E-state index in [0.717, 1.165) is 31.2 Å². The van der Waals surface area contributed by atoms with Gasteiger partial charge in [0.2, 0.25) is 0 Å². The predicted octanol–water partition coefficient (Wildman–Crippen LogP) is 0.908. The summed E-state index contributed by atoms with van der Waals surface area (Å²) in [7, 11) is 2.16. The fraction of sp³-hybridized carbons (Fsp3) is 0.667. The summed E-state index contributed by atoms with van der Waals surface area (Å²) in [6.07, 6.45) is 6.08. The van der Waals surface area contributed by atoms with Crippen molar-refractivity contribution in [3.63, 3.8) is 0 Å². The van der Waals surface area contributed by atoms with Crippen molar-refractivity contribution in [2.75, 3.05) is 26.7 Å². The molecule has 1 aromatic rings. The second-order valence-corrected chi connectivity index (χ2v) is 4.61. The molecule has 1 aromatic heterocycles. The van der Waals surface area contributed by atoms with Crippen LogP contribution in [0.3, 0.4) is 0 Å². The molecule has 1 fully saturated rings. The van der Waals surface area contributed by atoms with Gasteiger partial charge in [0.25, 0.3) is 0 Å². The maximum absolute atomic E-state index is 4.24. The zero-order valence-electron chi connectivity index (χ0n) is 9.89. The fourth-order valence-electron chi connectivity index (χ4n) is 2.27. The van der Waals surface area contributed by atoms with Gasteiger partial charge in [-0.1, -0.05) is 0 Å². The average molecular weight is 220 g/mol. The molecule has 1 N–H and O–H groups in total. The first-order chi connectivity index (χ1) is 7.84. The molecule has 0 aliphatic carbocycles. The van der Waals surface area contributed by atoms with E-state index >= 15 is 0 Å². The van der Waals surface area contributed by atoms with Crippen molar-refractivity contribution in [2.24, 2.45) is 5.92 Å². The Bertz CT molecular complexity index is 295. The topological polar surface area (TPSA) is 41.1 Å². The van der Waals surface area contributed by atoms with Gasteiger partial charge in [0.15, 0.2) is 0 Å². The molecule has 0 amide bonds. The van der Waals surface area contributed by atoms with E-state index in [9.17, 15) is 0 Å². The molecule has 1 unspecified atom stereocenters. The zero-order valence-corrected chi connectivity index (χ0v) is 9.89. The Labute approximate surface area is 97.1 Å². The Balaban J connectivity index is 1.77. The van der Waals surface area contributed by atoms with Crippen LogP contribution >= 0.6 is 0 Å². The molecule has 88 valence electrons. The smallest absolute Gasteiger partial charge is 0.115 e. The number of hydrogen-bond donors (Lipinski definition) is 1. The molecule has 1 atom stereocenters. The number of rotatable bonds is 4. The molecular weight excluding hydrogens is 200 g/mol. The maximum atomic E-state index is 4.24. The number of hydrogen-bond acceptors (Lipinski definition) is 4. The van der Waals surface area contributed by atoms with E-state index < -0.39 is 0 Å². The normalized spacial score (nSPS) is 21.2. The fourth-order valence-corrected chi connectivity index (χ4v) is 2.27. The van der Waals surface area contributed by atoms with Crippen LogP contribution in [0.1, 0.15) is 18.5 Å². The predicted molar refractivity (Wildman–Crippen MR) is 64.0 cm³/mol. The molecule has 1 saturated heterocycles. The van der Waals surface area contributed by atoms with Gasteiger partial charge in [-0.05, 0) is 45.0 Å². The summed E-state index contributed by atoms with van der Waals surface area (Å²) >= 11 is 0. The molecule has 1 aliphatic heterocycles. The van der Waals surface area contributed by atoms with Gasteiger partial charge >= 0.3 is 0 Å². The Kier molecular flexibility index (Phi) is 4.25. The van der Waals surface area contributed by atoms with E-state index in [-0.39, 0.29) is 0 Å². The van der Waals surface area contributed by atoms with E-state index in [1.54, 1.807) is 12.5 Å². The van der Waals surface area contributed by atoms with Crippen LogP contribution in [0, 0.1) is 5.92 Å². The van der Waals surface area contributed by atoms with Crippen LogP contribution in [-0.4, -0.2) is 41.5 Å². The molecule has 4 nitrogen and oxygen atoms in total. The third kappa shape index (κ3) is 3.54. The maximum Gasteiger partial charge on any atom is 0.115 e. The molecule has 16 heavy (non-hydrogen) atoms. The van der Waals surface area contributed by atoms with Gasteiger partial charge in [0.05, 0.1) is 5.69 Å². The van der Waals surface area contributed by atoms with Gasteiger partial charge in [-0.2, -0.15) is 0 Å². The summed E-state index contributed by atoms with van der Waals surface area (Å²) < 4.78 is 0. The lowest BCUT2D eigenvalue weighted by molar-refractivity contribution is 0.235. The molecule has 0 bridgehead atoms. The second kappa shape index (κ2) is 5.92. The Hall–Kier alpha value is -1.00. The highest BCUT2D eigenvalue weighted by molar-refractivity contribution is 4.97. The molecule has 0 spiro atoms. The third-order valence-electron chi connectivity index (χ3n) is 3.04. The molecule has 0 saturated carbocycles.